The van der Waals surface area contributed by atoms with Crippen LogP contribution in [0.5, 0.6) is 0 Å². The standard InChI is InChI=1S/C59H84N4O9/c1-10-11-12-13-14-15-16-17-18-19-20-21-25-28-54(66)62(7)51(39-72-38-45-26-23-22-24-27-45)57(68)60-44(6)52(64)34-43(5)58(69)63(8)55-47-32-30-41(3)49(37-47)48-35-46(31-29-40(48)2)36-50(59(70)71-9)61-56(67)42(4)33-53(55)65/h22-24,26-27,29-32,35,37,42-44,50-51,55H,10-21,25,28,33-34,36,38-39H2,1-9H3,(H,60,68)(H,61,67)/t42-,43-,44-,50+,51-,55+/m1/s1. The van der Waals surface area contributed by atoms with Gasteiger partial charge in [-0.3, -0.25) is 28.8 Å². The number of ketones is 2. The minimum absolute atomic E-state index is 0.0878. The molecule has 2 N–H and O–H groups in total. The molecule has 1 heterocycles. The van der Waals surface area contributed by atoms with Gasteiger partial charge >= 0.3 is 5.97 Å². The SMILES string of the molecule is CCCCCCCCCCCCCCCC(=O)N(C)[C@H](COCc1ccccc1)C(=O)N[C@H](C)C(=O)C[C@@H](C)C(=O)N(C)[C@@H]1C(=O)C[C@@H](C)C(=O)N[C@H](C(=O)OC)Cc2ccc(C)c(c2)-c2cc1ccc2C. The van der Waals surface area contributed by atoms with E-state index in [2.05, 4.69) is 17.6 Å². The van der Waals surface area contributed by atoms with E-state index in [0.717, 1.165) is 52.6 Å². The number of Topliss-reactive ketones (excluding diaryl/α,β-unsaturated/α-hetero) is 2. The summed E-state index contributed by atoms with van der Waals surface area (Å²) in [5.74, 6) is -4.88. The minimum Gasteiger partial charge on any atom is -0.467 e. The zero-order chi connectivity index (χ0) is 52.7. The van der Waals surface area contributed by atoms with Gasteiger partial charge in [-0.2, -0.15) is 0 Å². The molecule has 3 aromatic rings. The van der Waals surface area contributed by atoms with Crippen molar-refractivity contribution in [3.05, 3.63) is 94.5 Å². The number of esters is 1. The number of fused-ring (bicyclic) bond motifs is 5. The molecule has 0 spiro atoms. The van der Waals surface area contributed by atoms with Crippen molar-refractivity contribution in [1.29, 1.82) is 0 Å². The van der Waals surface area contributed by atoms with Gasteiger partial charge in [0.15, 0.2) is 11.6 Å². The third kappa shape index (κ3) is 18.1. The van der Waals surface area contributed by atoms with Crippen LogP contribution in [0, 0.1) is 25.7 Å². The number of aryl methyl sites for hydroxylation is 2. The molecule has 72 heavy (non-hydrogen) atoms. The molecule has 0 aliphatic carbocycles. The van der Waals surface area contributed by atoms with Crippen molar-refractivity contribution in [3.63, 3.8) is 0 Å². The Labute approximate surface area is 429 Å². The predicted molar refractivity (Wildman–Crippen MR) is 283 cm³/mol. The number of hydrogen-bond acceptors (Lipinski definition) is 9. The van der Waals surface area contributed by atoms with Gasteiger partial charge < -0.3 is 29.9 Å². The molecule has 13 nitrogen and oxygen atoms in total. The molecule has 4 bridgehead atoms. The fraction of sp³-hybridized carbons (Fsp3) is 0.576. The zero-order valence-electron chi connectivity index (χ0n) is 44.8. The van der Waals surface area contributed by atoms with Gasteiger partial charge in [0.1, 0.15) is 18.1 Å². The number of benzene rings is 3. The van der Waals surface area contributed by atoms with Crippen LogP contribution >= 0.6 is 0 Å². The molecule has 394 valence electrons. The highest BCUT2D eigenvalue weighted by Gasteiger charge is 2.36. The number of likely N-dealkylation sites (N-methyl/N-ethyl adjacent to an activating group) is 2. The van der Waals surface area contributed by atoms with Gasteiger partial charge in [0.25, 0.3) is 0 Å². The van der Waals surface area contributed by atoms with E-state index in [1.54, 1.807) is 27.8 Å². The summed E-state index contributed by atoms with van der Waals surface area (Å²) in [7, 11) is 4.38. The Hall–Kier alpha value is -5.69. The average molecular weight is 993 g/mol. The molecule has 6 atom stereocenters. The highest BCUT2D eigenvalue weighted by molar-refractivity contribution is 5.97. The lowest BCUT2D eigenvalue weighted by Gasteiger charge is -2.31. The van der Waals surface area contributed by atoms with E-state index in [-0.39, 0.29) is 38.4 Å². The van der Waals surface area contributed by atoms with Gasteiger partial charge in [0.2, 0.25) is 23.6 Å². The second-order valence-electron chi connectivity index (χ2n) is 20.3. The van der Waals surface area contributed by atoms with Gasteiger partial charge in [-0.05, 0) is 72.2 Å². The van der Waals surface area contributed by atoms with Crippen LogP contribution in [-0.4, -0.2) is 96.9 Å². The molecule has 0 aromatic heterocycles. The molecule has 1 aliphatic rings. The predicted octanol–water partition coefficient (Wildman–Crippen LogP) is 9.90. The van der Waals surface area contributed by atoms with Crippen LogP contribution in [0.25, 0.3) is 11.1 Å². The summed E-state index contributed by atoms with van der Waals surface area (Å²) in [5.41, 5.74) is 5.87. The van der Waals surface area contributed by atoms with E-state index >= 15 is 0 Å². The van der Waals surface area contributed by atoms with Gasteiger partial charge in [-0.25, -0.2) is 4.79 Å². The molecule has 0 saturated carbocycles. The zero-order valence-corrected chi connectivity index (χ0v) is 44.8. The molecule has 0 radical (unpaired) electrons. The highest BCUT2D eigenvalue weighted by atomic mass is 16.5. The lowest BCUT2D eigenvalue weighted by molar-refractivity contribution is -0.146. The van der Waals surface area contributed by atoms with Crippen molar-refractivity contribution in [2.24, 2.45) is 11.8 Å². The molecule has 0 saturated heterocycles. The summed E-state index contributed by atoms with van der Waals surface area (Å²) in [6, 6.07) is 16.8. The third-order valence-corrected chi connectivity index (χ3v) is 14.2. The number of hydrogen-bond donors (Lipinski definition) is 2. The molecule has 0 fully saturated rings. The number of amides is 4. The maximum Gasteiger partial charge on any atom is 0.328 e. The van der Waals surface area contributed by atoms with Crippen molar-refractivity contribution < 1.29 is 43.0 Å². The number of nitrogens with one attached hydrogen (secondary N) is 2. The molecule has 4 rings (SSSR count). The normalized spacial score (nSPS) is 17.2. The van der Waals surface area contributed by atoms with Gasteiger partial charge in [0, 0.05) is 51.6 Å². The lowest BCUT2D eigenvalue weighted by atomic mass is 9.87. The topological polar surface area (TPSA) is 168 Å². The van der Waals surface area contributed by atoms with Crippen LogP contribution in [0.1, 0.15) is 164 Å². The number of methoxy groups -OCH3 is 1. The first kappa shape index (κ1) is 58.9. The Bertz CT molecular complexity index is 2260. The maximum atomic E-state index is 14.4. The monoisotopic (exact) mass is 993 g/mol. The first-order valence-electron chi connectivity index (χ1n) is 26.6. The van der Waals surface area contributed by atoms with Crippen molar-refractivity contribution in [2.75, 3.05) is 27.8 Å². The largest absolute Gasteiger partial charge is 0.467 e. The van der Waals surface area contributed by atoms with Crippen LogP contribution < -0.4 is 10.6 Å². The van der Waals surface area contributed by atoms with Crippen LogP contribution in [-0.2, 0) is 56.1 Å². The van der Waals surface area contributed by atoms with Gasteiger partial charge in [-0.1, -0.05) is 158 Å². The van der Waals surface area contributed by atoms with Crippen LogP contribution in [0.3, 0.4) is 0 Å². The van der Waals surface area contributed by atoms with Crippen LogP contribution in [0.2, 0.25) is 0 Å². The van der Waals surface area contributed by atoms with Gasteiger partial charge in [0.05, 0.1) is 26.4 Å². The summed E-state index contributed by atoms with van der Waals surface area (Å²) in [5, 5.41) is 5.59. The molecule has 13 heteroatoms. The number of carbonyl (C=O) groups excluding carboxylic acids is 7. The van der Waals surface area contributed by atoms with E-state index in [1.807, 2.05) is 80.6 Å². The van der Waals surface area contributed by atoms with E-state index in [1.165, 1.54) is 81.7 Å². The second-order valence-corrected chi connectivity index (χ2v) is 20.3. The fourth-order valence-corrected chi connectivity index (χ4v) is 9.50. The minimum atomic E-state index is -1.12. The number of carbonyl (C=O) groups is 7. The van der Waals surface area contributed by atoms with E-state index < -0.39 is 71.3 Å². The summed E-state index contributed by atoms with van der Waals surface area (Å²) in [6.07, 6.45) is 15.5. The quantitative estimate of drug-likeness (QED) is 0.0558. The number of rotatable bonds is 27. The summed E-state index contributed by atoms with van der Waals surface area (Å²) >= 11 is 0. The molecular weight excluding hydrogens is 909 g/mol. The third-order valence-electron chi connectivity index (χ3n) is 14.2. The number of nitrogens with zero attached hydrogens (tertiary/aromatic N) is 2. The summed E-state index contributed by atoms with van der Waals surface area (Å²) < 4.78 is 11.0. The lowest BCUT2D eigenvalue weighted by Crippen LogP contribution is -2.53. The Kier molecular flexibility index (Phi) is 24.8. The smallest absolute Gasteiger partial charge is 0.328 e. The maximum absolute atomic E-state index is 14.4. The first-order valence-corrected chi connectivity index (χ1v) is 26.6. The van der Waals surface area contributed by atoms with Crippen molar-refractivity contribution >= 4 is 41.2 Å². The van der Waals surface area contributed by atoms with E-state index in [0.29, 0.717) is 18.4 Å². The van der Waals surface area contributed by atoms with E-state index in [9.17, 15) is 33.6 Å². The number of unbranched alkanes of at least 4 members (excludes halogenated alkanes) is 12. The molecular formula is C59H84N4O9. The van der Waals surface area contributed by atoms with Crippen LogP contribution in [0.15, 0.2) is 66.7 Å². The Morgan fingerprint density at radius 1 is 0.764 bits per heavy atom. The first-order chi connectivity index (χ1) is 34.5. The van der Waals surface area contributed by atoms with E-state index in [4.69, 9.17) is 9.47 Å². The second kappa shape index (κ2) is 30.4. The highest BCUT2D eigenvalue weighted by Crippen LogP contribution is 2.34. The molecule has 1 aliphatic heterocycles. The van der Waals surface area contributed by atoms with Crippen molar-refractivity contribution in [1.82, 2.24) is 20.4 Å². The molecule has 4 amide bonds. The summed E-state index contributed by atoms with van der Waals surface area (Å²) in [6.45, 7) is 11.1. The van der Waals surface area contributed by atoms with Crippen molar-refractivity contribution in [3.8, 4) is 11.1 Å². The van der Waals surface area contributed by atoms with Crippen LogP contribution in [0.4, 0.5) is 0 Å². The van der Waals surface area contributed by atoms with Crippen molar-refractivity contribution in [2.45, 2.75) is 181 Å². The Morgan fingerprint density at radius 3 is 1.96 bits per heavy atom. The number of ether oxygens (including phenoxy) is 2. The average Bonchev–Trinajstić information content (AvgIpc) is 3.36. The van der Waals surface area contributed by atoms with Gasteiger partial charge in [-0.15, -0.1) is 0 Å². The fourth-order valence-electron chi connectivity index (χ4n) is 9.50. The summed E-state index contributed by atoms with van der Waals surface area (Å²) in [4.78, 5) is 99.4. The Balaban J connectivity index is 1.43. The molecule has 3 aromatic carbocycles. The molecule has 0 unspecified atom stereocenters. The Morgan fingerprint density at radius 2 is 1.35 bits per heavy atom.